The van der Waals surface area contributed by atoms with Crippen molar-refractivity contribution >= 4 is 5.97 Å². The van der Waals surface area contributed by atoms with Crippen molar-refractivity contribution in [1.82, 2.24) is 0 Å². The first-order valence-electron chi connectivity index (χ1n) is 6.50. The van der Waals surface area contributed by atoms with Gasteiger partial charge in [-0.05, 0) is 13.3 Å². The standard InChI is InChI=1S/C13H26O3/c1-3-4-5-6-7-8-9-10-16-13(15)11-12(2)14/h12,14H,3-11H2,1-2H3. The topological polar surface area (TPSA) is 46.5 Å². The fourth-order valence-electron chi connectivity index (χ4n) is 1.55. The van der Waals surface area contributed by atoms with Gasteiger partial charge in [0, 0.05) is 0 Å². The Balaban J connectivity index is 3.11. The molecule has 0 spiro atoms. The third kappa shape index (κ3) is 11.5. The number of carbonyl (C=O) groups is 1. The molecule has 0 aliphatic carbocycles. The highest BCUT2D eigenvalue weighted by Gasteiger charge is 2.06. The molecule has 0 bridgehead atoms. The Hall–Kier alpha value is -0.570. The first-order valence-corrected chi connectivity index (χ1v) is 6.50. The SMILES string of the molecule is CCCCCCCCCOC(=O)CC(C)O. The first-order chi connectivity index (χ1) is 7.66. The van der Waals surface area contributed by atoms with E-state index in [9.17, 15) is 4.79 Å². The lowest BCUT2D eigenvalue weighted by Crippen LogP contribution is -2.13. The zero-order valence-electron chi connectivity index (χ0n) is 10.7. The summed E-state index contributed by atoms with van der Waals surface area (Å²) in [5, 5.41) is 8.95. The van der Waals surface area contributed by atoms with Gasteiger partial charge in [-0.15, -0.1) is 0 Å². The second kappa shape index (κ2) is 10.9. The molecule has 3 heteroatoms. The first kappa shape index (κ1) is 15.4. The molecule has 0 saturated heterocycles. The molecule has 0 rings (SSSR count). The number of aliphatic hydroxyl groups is 1. The Kier molecular flexibility index (Phi) is 10.5. The molecule has 0 fully saturated rings. The number of hydrogen-bond donors (Lipinski definition) is 1. The summed E-state index contributed by atoms with van der Waals surface area (Å²) in [6.07, 6.45) is 8.02. The molecule has 0 aromatic carbocycles. The fourth-order valence-corrected chi connectivity index (χ4v) is 1.55. The quantitative estimate of drug-likeness (QED) is 0.463. The van der Waals surface area contributed by atoms with Crippen molar-refractivity contribution in [2.45, 2.75) is 71.3 Å². The van der Waals surface area contributed by atoms with Crippen molar-refractivity contribution in [3.63, 3.8) is 0 Å². The van der Waals surface area contributed by atoms with Gasteiger partial charge in [-0.25, -0.2) is 0 Å². The molecule has 0 aliphatic heterocycles. The molecule has 1 atom stereocenters. The number of esters is 1. The Morgan fingerprint density at radius 3 is 2.25 bits per heavy atom. The summed E-state index contributed by atoms with van der Waals surface area (Å²) in [5.41, 5.74) is 0. The number of carbonyl (C=O) groups excluding carboxylic acids is 1. The van der Waals surface area contributed by atoms with Crippen LogP contribution in [0.5, 0.6) is 0 Å². The highest BCUT2D eigenvalue weighted by atomic mass is 16.5. The third-order valence-corrected chi connectivity index (χ3v) is 2.47. The summed E-state index contributed by atoms with van der Waals surface area (Å²) in [6, 6.07) is 0. The molecule has 0 heterocycles. The highest BCUT2D eigenvalue weighted by molar-refractivity contribution is 5.69. The largest absolute Gasteiger partial charge is 0.466 e. The minimum Gasteiger partial charge on any atom is -0.466 e. The van der Waals surface area contributed by atoms with Crippen LogP contribution in [0, 0.1) is 0 Å². The monoisotopic (exact) mass is 230 g/mol. The van der Waals surface area contributed by atoms with Gasteiger partial charge < -0.3 is 9.84 Å². The average molecular weight is 230 g/mol. The van der Waals surface area contributed by atoms with E-state index in [1.54, 1.807) is 6.92 Å². The molecule has 96 valence electrons. The van der Waals surface area contributed by atoms with E-state index in [2.05, 4.69) is 6.92 Å². The van der Waals surface area contributed by atoms with E-state index in [1.807, 2.05) is 0 Å². The second-order valence-electron chi connectivity index (χ2n) is 4.39. The molecule has 0 aromatic heterocycles. The minimum absolute atomic E-state index is 0.108. The van der Waals surface area contributed by atoms with Crippen LogP contribution in [0.15, 0.2) is 0 Å². The number of aliphatic hydroxyl groups excluding tert-OH is 1. The minimum atomic E-state index is -0.596. The zero-order chi connectivity index (χ0) is 12.2. The summed E-state index contributed by atoms with van der Waals surface area (Å²) < 4.78 is 4.98. The van der Waals surface area contributed by atoms with Crippen molar-refractivity contribution in [3.8, 4) is 0 Å². The fraction of sp³-hybridized carbons (Fsp3) is 0.923. The van der Waals surface area contributed by atoms with Crippen LogP contribution in [-0.4, -0.2) is 23.8 Å². The lowest BCUT2D eigenvalue weighted by molar-refractivity contribution is -0.145. The maximum Gasteiger partial charge on any atom is 0.308 e. The van der Waals surface area contributed by atoms with E-state index in [0.29, 0.717) is 6.61 Å². The molecule has 1 N–H and O–H groups in total. The number of ether oxygens (including phenoxy) is 1. The lowest BCUT2D eigenvalue weighted by Gasteiger charge is -2.06. The molecule has 0 aromatic rings. The number of rotatable bonds is 10. The summed E-state index contributed by atoms with van der Waals surface area (Å²) >= 11 is 0. The van der Waals surface area contributed by atoms with Gasteiger partial charge in [0.05, 0.1) is 19.1 Å². The Morgan fingerprint density at radius 2 is 1.69 bits per heavy atom. The molecule has 0 saturated carbocycles. The summed E-state index contributed by atoms with van der Waals surface area (Å²) in [6.45, 7) is 4.30. The van der Waals surface area contributed by atoms with Gasteiger partial charge in [0.15, 0.2) is 0 Å². The molecule has 3 nitrogen and oxygen atoms in total. The molecule has 16 heavy (non-hydrogen) atoms. The van der Waals surface area contributed by atoms with Crippen LogP contribution in [0.4, 0.5) is 0 Å². The van der Waals surface area contributed by atoms with E-state index in [-0.39, 0.29) is 12.4 Å². The van der Waals surface area contributed by atoms with E-state index < -0.39 is 6.10 Å². The lowest BCUT2D eigenvalue weighted by atomic mass is 10.1. The van der Waals surface area contributed by atoms with Crippen molar-refractivity contribution < 1.29 is 14.6 Å². The third-order valence-electron chi connectivity index (χ3n) is 2.47. The van der Waals surface area contributed by atoms with Crippen LogP contribution in [0.25, 0.3) is 0 Å². The normalized spacial score (nSPS) is 12.4. The van der Waals surface area contributed by atoms with Crippen LogP contribution in [-0.2, 0) is 9.53 Å². The van der Waals surface area contributed by atoms with Gasteiger partial charge in [-0.1, -0.05) is 45.4 Å². The Bertz CT molecular complexity index is 167. The van der Waals surface area contributed by atoms with Crippen LogP contribution >= 0.6 is 0 Å². The zero-order valence-corrected chi connectivity index (χ0v) is 10.7. The van der Waals surface area contributed by atoms with Gasteiger partial charge in [0.1, 0.15) is 0 Å². The molecular formula is C13H26O3. The smallest absolute Gasteiger partial charge is 0.308 e. The predicted molar refractivity (Wildman–Crippen MR) is 65.2 cm³/mol. The van der Waals surface area contributed by atoms with Crippen LogP contribution in [0.3, 0.4) is 0 Å². The summed E-state index contributed by atoms with van der Waals surface area (Å²) in [7, 11) is 0. The van der Waals surface area contributed by atoms with E-state index in [4.69, 9.17) is 9.84 Å². The van der Waals surface area contributed by atoms with E-state index in [0.717, 1.165) is 12.8 Å². The second-order valence-corrected chi connectivity index (χ2v) is 4.39. The highest BCUT2D eigenvalue weighted by Crippen LogP contribution is 2.07. The maximum atomic E-state index is 11.0. The van der Waals surface area contributed by atoms with Crippen molar-refractivity contribution in [2.75, 3.05) is 6.61 Å². The maximum absolute atomic E-state index is 11.0. The van der Waals surface area contributed by atoms with E-state index in [1.165, 1.54) is 32.1 Å². The van der Waals surface area contributed by atoms with Gasteiger partial charge in [-0.2, -0.15) is 0 Å². The van der Waals surface area contributed by atoms with Crippen LogP contribution in [0.2, 0.25) is 0 Å². The van der Waals surface area contributed by atoms with Gasteiger partial charge >= 0.3 is 5.97 Å². The molecular weight excluding hydrogens is 204 g/mol. The number of hydrogen-bond acceptors (Lipinski definition) is 3. The van der Waals surface area contributed by atoms with Crippen LogP contribution < -0.4 is 0 Å². The van der Waals surface area contributed by atoms with Crippen LogP contribution in [0.1, 0.15) is 65.2 Å². The molecule has 0 aliphatic rings. The van der Waals surface area contributed by atoms with Gasteiger partial charge in [0.2, 0.25) is 0 Å². The molecule has 1 unspecified atom stereocenters. The molecule has 0 radical (unpaired) electrons. The van der Waals surface area contributed by atoms with Crippen molar-refractivity contribution in [1.29, 1.82) is 0 Å². The van der Waals surface area contributed by atoms with Gasteiger partial charge in [-0.3, -0.25) is 4.79 Å². The summed E-state index contributed by atoms with van der Waals surface area (Å²) in [5.74, 6) is -0.291. The van der Waals surface area contributed by atoms with Crippen molar-refractivity contribution in [2.24, 2.45) is 0 Å². The van der Waals surface area contributed by atoms with E-state index >= 15 is 0 Å². The average Bonchev–Trinajstić information content (AvgIpc) is 2.21. The Morgan fingerprint density at radius 1 is 1.12 bits per heavy atom. The molecule has 0 amide bonds. The van der Waals surface area contributed by atoms with Gasteiger partial charge in [0.25, 0.3) is 0 Å². The Labute approximate surface area is 99.2 Å². The number of unbranched alkanes of at least 4 members (excludes halogenated alkanes) is 6. The van der Waals surface area contributed by atoms with Crippen molar-refractivity contribution in [3.05, 3.63) is 0 Å². The predicted octanol–water partition coefficient (Wildman–Crippen LogP) is 3.05. The summed E-state index contributed by atoms with van der Waals surface area (Å²) in [4.78, 5) is 11.0.